The van der Waals surface area contributed by atoms with Gasteiger partial charge < -0.3 is 14.7 Å². The van der Waals surface area contributed by atoms with E-state index in [1.807, 2.05) is 11.0 Å². The molecule has 3 aromatic heterocycles. The molecule has 0 amide bonds. The number of rotatable bonds is 3. The van der Waals surface area contributed by atoms with Gasteiger partial charge in [-0.1, -0.05) is 0 Å². The van der Waals surface area contributed by atoms with E-state index in [2.05, 4.69) is 20.2 Å². The molecule has 0 spiro atoms. The zero-order valence-corrected chi connectivity index (χ0v) is 18.4. The number of morpholine rings is 1. The highest BCUT2D eigenvalue weighted by molar-refractivity contribution is 5.91. The predicted octanol–water partition coefficient (Wildman–Crippen LogP) is 3.34. The second-order valence-corrected chi connectivity index (χ2v) is 8.01. The molecule has 5 rings (SSSR count). The molecule has 0 saturated carbocycles. The van der Waals surface area contributed by atoms with E-state index in [-0.39, 0.29) is 28.9 Å². The number of aryl methyl sites for hydroxylation is 2. The van der Waals surface area contributed by atoms with Gasteiger partial charge >= 0.3 is 6.18 Å². The Kier molecular flexibility index (Phi) is 5.34. The summed E-state index contributed by atoms with van der Waals surface area (Å²) >= 11 is 0. The zero-order valence-electron chi connectivity index (χ0n) is 18.4. The highest BCUT2D eigenvalue weighted by Crippen LogP contribution is 2.41. The summed E-state index contributed by atoms with van der Waals surface area (Å²) in [5.41, 5.74) is -1.71. The molecule has 35 heavy (non-hydrogen) atoms. The number of alkyl halides is 3. The molecule has 1 aliphatic heterocycles. The van der Waals surface area contributed by atoms with Gasteiger partial charge in [-0.15, -0.1) is 0 Å². The molecule has 1 aliphatic rings. The number of anilines is 1. The van der Waals surface area contributed by atoms with Gasteiger partial charge in [0.15, 0.2) is 23.0 Å². The maximum atomic E-state index is 14.7. The summed E-state index contributed by atoms with van der Waals surface area (Å²) in [6, 6.07) is 2.12. The first-order valence-electron chi connectivity index (χ1n) is 10.4. The fourth-order valence-electron chi connectivity index (χ4n) is 4.09. The molecule has 1 atom stereocenters. The first-order valence-corrected chi connectivity index (χ1v) is 10.4. The van der Waals surface area contributed by atoms with Gasteiger partial charge in [0.05, 0.1) is 29.8 Å². The van der Waals surface area contributed by atoms with E-state index in [1.165, 1.54) is 17.9 Å². The number of hydrogen-bond donors (Lipinski definition) is 1. The maximum Gasteiger partial charge on any atom is 0.419 e. The fourth-order valence-corrected chi connectivity index (χ4v) is 4.09. The quantitative estimate of drug-likeness (QED) is 0.436. The minimum atomic E-state index is -5.15. The third kappa shape index (κ3) is 3.83. The van der Waals surface area contributed by atoms with Crippen LogP contribution in [-0.4, -0.2) is 54.3 Å². The smallest absolute Gasteiger partial charge is 0.419 e. The van der Waals surface area contributed by atoms with Crippen molar-refractivity contribution in [1.29, 1.82) is 0 Å². The molecule has 1 saturated heterocycles. The van der Waals surface area contributed by atoms with Crippen LogP contribution in [0.2, 0.25) is 0 Å². The van der Waals surface area contributed by atoms with Crippen molar-refractivity contribution in [3.05, 3.63) is 47.4 Å². The van der Waals surface area contributed by atoms with E-state index in [4.69, 9.17) is 4.74 Å². The summed E-state index contributed by atoms with van der Waals surface area (Å²) in [6.45, 7) is 1.30. The zero-order chi connectivity index (χ0) is 25.1. The molecule has 184 valence electrons. The number of fused-ring (bicyclic) bond motifs is 1. The molecule has 0 radical (unpaired) electrons. The lowest BCUT2D eigenvalue weighted by molar-refractivity contribution is -0.140. The van der Waals surface area contributed by atoms with Crippen LogP contribution >= 0.6 is 0 Å². The van der Waals surface area contributed by atoms with E-state index < -0.39 is 34.7 Å². The summed E-state index contributed by atoms with van der Waals surface area (Å²) in [5, 5.41) is 18.0. The predicted molar refractivity (Wildman–Crippen MR) is 112 cm³/mol. The van der Waals surface area contributed by atoms with Gasteiger partial charge in [-0.2, -0.15) is 28.4 Å². The summed E-state index contributed by atoms with van der Waals surface area (Å²) in [7, 11) is 3.28. The number of nitrogens with zero attached hydrogens (tertiary/aromatic N) is 7. The van der Waals surface area contributed by atoms with Crippen LogP contribution in [-0.2, 0) is 25.0 Å². The minimum Gasteiger partial charge on any atom is -0.503 e. The number of aromatic nitrogens is 6. The van der Waals surface area contributed by atoms with E-state index in [1.54, 1.807) is 17.9 Å². The Bertz CT molecular complexity index is 1430. The van der Waals surface area contributed by atoms with Gasteiger partial charge in [0, 0.05) is 38.6 Å². The Morgan fingerprint density at radius 2 is 1.91 bits per heavy atom. The number of benzene rings is 1. The van der Waals surface area contributed by atoms with Crippen molar-refractivity contribution in [3.63, 3.8) is 0 Å². The van der Waals surface area contributed by atoms with E-state index >= 15 is 0 Å². The summed E-state index contributed by atoms with van der Waals surface area (Å²) in [6.07, 6.45) is -2.47. The Labute approximate surface area is 194 Å². The Balaban J connectivity index is 1.55. The van der Waals surface area contributed by atoms with Crippen LogP contribution in [0.4, 0.5) is 27.9 Å². The second kappa shape index (κ2) is 8.15. The molecule has 4 aromatic rings. The second-order valence-electron chi connectivity index (χ2n) is 8.01. The van der Waals surface area contributed by atoms with Crippen LogP contribution in [0.5, 0.6) is 5.75 Å². The first-order chi connectivity index (χ1) is 16.6. The summed E-state index contributed by atoms with van der Waals surface area (Å²) in [4.78, 5) is 10.7. The molecule has 1 N–H and O–H groups in total. The number of phenols is 1. The van der Waals surface area contributed by atoms with Crippen molar-refractivity contribution in [1.82, 2.24) is 29.5 Å². The molecular formula is C21H18F5N7O2. The first kappa shape index (κ1) is 23.0. The van der Waals surface area contributed by atoms with Gasteiger partial charge in [-0.25, -0.2) is 18.4 Å². The number of aromatic hydroxyl groups is 1. The van der Waals surface area contributed by atoms with Crippen molar-refractivity contribution >= 4 is 17.0 Å². The van der Waals surface area contributed by atoms with Crippen molar-refractivity contribution in [2.75, 3.05) is 24.6 Å². The SMILES string of the molecule is Cn1nccc1C1CN(c2ncc3c(-c4cc(C(F)(F)F)c(F)c(O)c4F)nn(C)c3n2)CCO1. The molecule has 1 fully saturated rings. The summed E-state index contributed by atoms with van der Waals surface area (Å²) < 4.78 is 77.1. The lowest BCUT2D eigenvalue weighted by Crippen LogP contribution is -2.40. The van der Waals surface area contributed by atoms with Gasteiger partial charge in [0.1, 0.15) is 11.8 Å². The average Bonchev–Trinajstić information content (AvgIpc) is 3.39. The Morgan fingerprint density at radius 3 is 2.60 bits per heavy atom. The van der Waals surface area contributed by atoms with Crippen LogP contribution in [0.1, 0.15) is 17.4 Å². The van der Waals surface area contributed by atoms with Crippen molar-refractivity contribution in [3.8, 4) is 17.0 Å². The van der Waals surface area contributed by atoms with Gasteiger partial charge in [0.2, 0.25) is 5.95 Å². The highest BCUT2D eigenvalue weighted by Gasteiger charge is 2.38. The maximum absolute atomic E-state index is 14.7. The lowest BCUT2D eigenvalue weighted by Gasteiger charge is -2.32. The van der Waals surface area contributed by atoms with E-state index in [0.29, 0.717) is 25.6 Å². The molecular weight excluding hydrogens is 477 g/mol. The Morgan fingerprint density at radius 1 is 1.14 bits per heavy atom. The van der Waals surface area contributed by atoms with Gasteiger partial charge in [0.25, 0.3) is 0 Å². The number of phenolic OH excluding ortho intramolecular Hbond substituents is 1. The van der Waals surface area contributed by atoms with Crippen LogP contribution in [0.25, 0.3) is 22.3 Å². The van der Waals surface area contributed by atoms with Crippen molar-refractivity contribution in [2.45, 2.75) is 12.3 Å². The molecule has 14 heteroatoms. The topological polar surface area (TPSA) is 94.1 Å². The fraction of sp³-hybridized carbons (Fsp3) is 0.333. The highest BCUT2D eigenvalue weighted by atomic mass is 19.4. The van der Waals surface area contributed by atoms with Crippen molar-refractivity contribution < 1.29 is 31.8 Å². The largest absolute Gasteiger partial charge is 0.503 e. The molecule has 1 unspecified atom stereocenters. The minimum absolute atomic E-state index is 0.130. The molecule has 9 nitrogen and oxygen atoms in total. The van der Waals surface area contributed by atoms with Crippen LogP contribution in [0.3, 0.4) is 0 Å². The monoisotopic (exact) mass is 495 g/mol. The number of hydrogen-bond acceptors (Lipinski definition) is 7. The van der Waals surface area contributed by atoms with Crippen LogP contribution in [0.15, 0.2) is 24.5 Å². The average molecular weight is 495 g/mol. The van der Waals surface area contributed by atoms with Crippen molar-refractivity contribution in [2.24, 2.45) is 14.1 Å². The van der Waals surface area contributed by atoms with Crippen LogP contribution in [0, 0.1) is 11.6 Å². The Hall–Kier alpha value is -3.81. The molecule has 1 aromatic carbocycles. The molecule has 0 aliphatic carbocycles. The van der Waals surface area contributed by atoms with E-state index in [9.17, 15) is 27.1 Å². The number of ether oxygens (including phenoxy) is 1. The van der Waals surface area contributed by atoms with Gasteiger partial charge in [-0.05, 0) is 12.1 Å². The number of halogens is 5. The van der Waals surface area contributed by atoms with Gasteiger partial charge in [-0.3, -0.25) is 4.68 Å². The lowest BCUT2D eigenvalue weighted by atomic mass is 10.0. The molecule has 0 bridgehead atoms. The van der Waals surface area contributed by atoms with E-state index in [0.717, 1.165) is 5.69 Å². The third-order valence-electron chi connectivity index (χ3n) is 5.84. The third-order valence-corrected chi connectivity index (χ3v) is 5.84. The normalized spacial score (nSPS) is 16.9. The van der Waals surface area contributed by atoms with Crippen LogP contribution < -0.4 is 4.90 Å². The summed E-state index contributed by atoms with van der Waals surface area (Å²) in [5.74, 6) is -5.07. The standard InChI is InChI=1S/C21H18F5N7O2/c1-31-13(3-4-28-31)14-9-33(5-6-35-14)20-27-8-11-17(30-32(2)19(11)29-20)10-7-12(21(24,25)26)16(23)18(34)15(10)22/h3-4,7-8,14,34H,5-6,9H2,1-2H3. The molecule has 4 heterocycles.